The SMILES string of the molecule is CC(C)OCCNS(=O)(=O)c1ccc(O)cc1. The third kappa shape index (κ3) is 4.72. The van der Waals surface area contributed by atoms with Gasteiger partial charge in [-0.3, -0.25) is 0 Å². The van der Waals surface area contributed by atoms with Gasteiger partial charge in [0.1, 0.15) is 5.75 Å². The number of benzene rings is 1. The van der Waals surface area contributed by atoms with Crippen LogP contribution in [-0.4, -0.2) is 32.8 Å². The van der Waals surface area contributed by atoms with Crippen LogP contribution < -0.4 is 4.72 Å². The van der Waals surface area contributed by atoms with Gasteiger partial charge in [0.25, 0.3) is 0 Å². The van der Waals surface area contributed by atoms with Gasteiger partial charge in [0.05, 0.1) is 17.6 Å². The summed E-state index contributed by atoms with van der Waals surface area (Å²) in [6, 6.07) is 5.36. The highest BCUT2D eigenvalue weighted by molar-refractivity contribution is 7.89. The summed E-state index contributed by atoms with van der Waals surface area (Å²) in [6.07, 6.45) is 0.0770. The van der Waals surface area contributed by atoms with Gasteiger partial charge in [-0.05, 0) is 38.1 Å². The molecule has 0 bridgehead atoms. The minimum Gasteiger partial charge on any atom is -0.508 e. The van der Waals surface area contributed by atoms with Gasteiger partial charge in [-0.2, -0.15) is 0 Å². The highest BCUT2D eigenvalue weighted by Crippen LogP contribution is 2.13. The van der Waals surface area contributed by atoms with Gasteiger partial charge in [0.15, 0.2) is 0 Å². The summed E-state index contributed by atoms with van der Waals surface area (Å²) in [5.41, 5.74) is 0. The fourth-order valence-corrected chi connectivity index (χ4v) is 2.19. The molecule has 0 spiro atoms. The van der Waals surface area contributed by atoms with E-state index in [1.54, 1.807) is 0 Å². The van der Waals surface area contributed by atoms with Crippen molar-refractivity contribution in [1.29, 1.82) is 0 Å². The highest BCUT2D eigenvalue weighted by Gasteiger charge is 2.12. The molecule has 96 valence electrons. The van der Waals surface area contributed by atoms with Gasteiger partial charge < -0.3 is 9.84 Å². The maximum Gasteiger partial charge on any atom is 0.240 e. The molecule has 5 nitrogen and oxygen atoms in total. The van der Waals surface area contributed by atoms with E-state index in [4.69, 9.17) is 9.84 Å². The van der Waals surface area contributed by atoms with Crippen LogP contribution in [0.4, 0.5) is 0 Å². The second-order valence-electron chi connectivity index (χ2n) is 3.81. The van der Waals surface area contributed by atoms with Crippen LogP contribution >= 0.6 is 0 Å². The molecular weight excluding hydrogens is 242 g/mol. The van der Waals surface area contributed by atoms with E-state index in [9.17, 15) is 8.42 Å². The molecule has 0 saturated carbocycles. The monoisotopic (exact) mass is 259 g/mol. The number of phenols is 1. The molecule has 0 atom stereocenters. The molecule has 0 aliphatic rings. The number of hydrogen-bond acceptors (Lipinski definition) is 4. The predicted molar refractivity (Wildman–Crippen MR) is 64.4 cm³/mol. The second-order valence-corrected chi connectivity index (χ2v) is 5.58. The fraction of sp³-hybridized carbons (Fsp3) is 0.455. The van der Waals surface area contributed by atoms with Crippen LogP contribution in [-0.2, 0) is 14.8 Å². The van der Waals surface area contributed by atoms with E-state index in [2.05, 4.69) is 4.72 Å². The molecule has 2 N–H and O–H groups in total. The lowest BCUT2D eigenvalue weighted by Crippen LogP contribution is -2.28. The van der Waals surface area contributed by atoms with Crippen molar-refractivity contribution in [3.63, 3.8) is 0 Å². The van der Waals surface area contributed by atoms with E-state index in [-0.39, 0.29) is 23.3 Å². The van der Waals surface area contributed by atoms with Crippen LogP contribution in [0.15, 0.2) is 29.2 Å². The van der Waals surface area contributed by atoms with Crippen molar-refractivity contribution < 1.29 is 18.3 Å². The number of phenolic OH excluding ortho intramolecular Hbond substituents is 1. The Kier molecular flexibility index (Phi) is 4.92. The standard InChI is InChI=1S/C11H17NO4S/c1-9(2)16-8-7-12-17(14,15)11-5-3-10(13)4-6-11/h3-6,9,12-13H,7-8H2,1-2H3. The van der Waals surface area contributed by atoms with Gasteiger partial charge in [0.2, 0.25) is 10.0 Å². The minimum absolute atomic E-state index is 0.0343. The van der Waals surface area contributed by atoms with Gasteiger partial charge in [-0.25, -0.2) is 13.1 Å². The molecule has 1 aromatic rings. The summed E-state index contributed by atoms with van der Waals surface area (Å²) in [7, 11) is -3.52. The Morgan fingerprint density at radius 2 is 1.88 bits per heavy atom. The molecule has 0 aliphatic carbocycles. The Morgan fingerprint density at radius 3 is 2.41 bits per heavy atom. The van der Waals surface area contributed by atoms with Crippen molar-refractivity contribution in [3.8, 4) is 5.75 Å². The fourth-order valence-electron chi connectivity index (χ4n) is 1.18. The second kappa shape index (κ2) is 6.00. The van der Waals surface area contributed by atoms with E-state index < -0.39 is 10.0 Å². The van der Waals surface area contributed by atoms with Crippen LogP contribution in [0.25, 0.3) is 0 Å². The van der Waals surface area contributed by atoms with Gasteiger partial charge >= 0.3 is 0 Å². The zero-order valence-electron chi connectivity index (χ0n) is 9.88. The number of ether oxygens (including phenoxy) is 1. The highest BCUT2D eigenvalue weighted by atomic mass is 32.2. The molecule has 0 aliphatic heterocycles. The normalized spacial score (nSPS) is 11.9. The molecule has 0 amide bonds. The lowest BCUT2D eigenvalue weighted by Gasteiger charge is -2.09. The lowest BCUT2D eigenvalue weighted by molar-refractivity contribution is 0.0834. The quantitative estimate of drug-likeness (QED) is 0.750. The molecule has 1 rings (SSSR count). The van der Waals surface area contributed by atoms with E-state index in [1.807, 2.05) is 13.8 Å². The summed E-state index contributed by atoms with van der Waals surface area (Å²) < 4.78 is 31.1. The minimum atomic E-state index is -3.52. The molecule has 6 heteroatoms. The number of sulfonamides is 1. The van der Waals surface area contributed by atoms with Crippen LogP contribution in [0.2, 0.25) is 0 Å². The van der Waals surface area contributed by atoms with E-state index in [0.29, 0.717) is 6.61 Å². The summed E-state index contributed by atoms with van der Waals surface area (Å²) in [6.45, 7) is 4.32. The van der Waals surface area contributed by atoms with Crippen molar-refractivity contribution in [2.75, 3.05) is 13.2 Å². The molecule has 0 saturated heterocycles. The van der Waals surface area contributed by atoms with E-state index in [0.717, 1.165) is 0 Å². The Hall–Kier alpha value is -1.11. The first-order valence-electron chi connectivity index (χ1n) is 5.32. The molecule has 0 aromatic heterocycles. The lowest BCUT2D eigenvalue weighted by atomic mass is 10.3. The number of nitrogens with one attached hydrogen (secondary N) is 1. The first-order chi connectivity index (χ1) is 7.92. The maximum absolute atomic E-state index is 11.7. The zero-order valence-corrected chi connectivity index (χ0v) is 10.7. The van der Waals surface area contributed by atoms with Crippen LogP contribution in [0, 0.1) is 0 Å². The van der Waals surface area contributed by atoms with Crippen molar-refractivity contribution >= 4 is 10.0 Å². The summed E-state index contributed by atoms with van der Waals surface area (Å²) >= 11 is 0. The molecule has 0 radical (unpaired) electrons. The van der Waals surface area contributed by atoms with Gasteiger partial charge in [0, 0.05) is 6.54 Å². The Labute approximate surface area is 101 Å². The summed E-state index contributed by atoms with van der Waals surface area (Å²) in [4.78, 5) is 0.125. The summed E-state index contributed by atoms with van der Waals surface area (Å²) in [5, 5.41) is 9.06. The molecule has 0 unspecified atom stereocenters. The molecular formula is C11H17NO4S. The summed E-state index contributed by atoms with van der Waals surface area (Å²) in [5.74, 6) is 0.0343. The third-order valence-electron chi connectivity index (χ3n) is 1.99. The zero-order chi connectivity index (χ0) is 12.9. The predicted octanol–water partition coefficient (Wildman–Crippen LogP) is 1.10. The van der Waals surface area contributed by atoms with Crippen LogP contribution in [0.5, 0.6) is 5.75 Å². The molecule has 0 fully saturated rings. The van der Waals surface area contributed by atoms with E-state index in [1.165, 1.54) is 24.3 Å². The maximum atomic E-state index is 11.7. The number of aromatic hydroxyl groups is 1. The van der Waals surface area contributed by atoms with Crippen molar-refractivity contribution in [1.82, 2.24) is 4.72 Å². The first-order valence-corrected chi connectivity index (χ1v) is 6.80. The number of rotatable bonds is 6. The van der Waals surface area contributed by atoms with Gasteiger partial charge in [-0.1, -0.05) is 0 Å². The average Bonchev–Trinajstić information content (AvgIpc) is 2.25. The van der Waals surface area contributed by atoms with Crippen molar-refractivity contribution in [2.45, 2.75) is 24.8 Å². The third-order valence-corrected chi connectivity index (χ3v) is 3.47. The van der Waals surface area contributed by atoms with Crippen molar-refractivity contribution in [3.05, 3.63) is 24.3 Å². The van der Waals surface area contributed by atoms with Crippen LogP contribution in [0.3, 0.4) is 0 Å². The molecule has 0 heterocycles. The molecule has 1 aromatic carbocycles. The topological polar surface area (TPSA) is 75.6 Å². The first kappa shape index (κ1) is 14.0. The van der Waals surface area contributed by atoms with Crippen molar-refractivity contribution in [2.24, 2.45) is 0 Å². The van der Waals surface area contributed by atoms with E-state index >= 15 is 0 Å². The smallest absolute Gasteiger partial charge is 0.240 e. The van der Waals surface area contributed by atoms with Crippen LogP contribution in [0.1, 0.15) is 13.8 Å². The average molecular weight is 259 g/mol. The largest absolute Gasteiger partial charge is 0.508 e. The molecule has 17 heavy (non-hydrogen) atoms. The Balaban J connectivity index is 2.54. The Bertz CT molecular complexity index is 439. The van der Waals surface area contributed by atoms with Gasteiger partial charge in [-0.15, -0.1) is 0 Å². The number of hydrogen-bond donors (Lipinski definition) is 2. The Morgan fingerprint density at radius 1 is 1.29 bits per heavy atom.